The van der Waals surface area contributed by atoms with E-state index in [1.165, 1.54) is 4.90 Å². The van der Waals surface area contributed by atoms with E-state index in [9.17, 15) is 29.1 Å². The van der Waals surface area contributed by atoms with Crippen molar-refractivity contribution in [3.63, 3.8) is 0 Å². The first-order chi connectivity index (χ1) is 16.2. The molecule has 0 fully saturated rings. The predicted octanol–water partition coefficient (Wildman–Crippen LogP) is 1.92. The van der Waals surface area contributed by atoms with E-state index in [4.69, 9.17) is 10.8 Å². The highest BCUT2D eigenvalue weighted by Gasteiger charge is 2.34. The molecule has 1 unspecified atom stereocenters. The van der Waals surface area contributed by atoms with Crippen LogP contribution in [0.1, 0.15) is 60.9 Å². The van der Waals surface area contributed by atoms with Crippen molar-refractivity contribution < 1.29 is 34.2 Å². The summed E-state index contributed by atoms with van der Waals surface area (Å²) in [4.78, 5) is 63.8. The Hall–Kier alpha value is -3.82. The average Bonchev–Trinajstić information content (AvgIpc) is 2.79. The Labute approximate surface area is 196 Å². The molecule has 0 aliphatic carbocycles. The SMILES string of the molecule is NC1=NC(=O)C2=C(CCC(CCc3ccc(C(=O)C[C@@H](CCC(=O)O)C(=O)O)cc3)N2C=O)C1. The van der Waals surface area contributed by atoms with Gasteiger partial charge in [0, 0.05) is 30.9 Å². The summed E-state index contributed by atoms with van der Waals surface area (Å²) in [6.07, 6.45) is 2.98. The number of carbonyl (C=O) groups excluding carboxylic acids is 3. The van der Waals surface area contributed by atoms with E-state index in [-0.39, 0.29) is 36.9 Å². The Kier molecular flexibility index (Phi) is 7.93. The molecule has 10 heteroatoms. The molecular weight excluding hydrogens is 442 g/mol. The molecule has 2 aliphatic rings. The summed E-state index contributed by atoms with van der Waals surface area (Å²) in [5.41, 5.74) is 8.16. The molecule has 0 saturated heterocycles. The number of aliphatic imine (C=N–C) groups is 1. The third kappa shape index (κ3) is 5.94. The lowest BCUT2D eigenvalue weighted by atomic mass is 9.89. The number of amidine groups is 1. The summed E-state index contributed by atoms with van der Waals surface area (Å²) >= 11 is 0. The van der Waals surface area contributed by atoms with Gasteiger partial charge in [-0.05, 0) is 43.2 Å². The summed E-state index contributed by atoms with van der Waals surface area (Å²) in [5, 5.41) is 18.0. The summed E-state index contributed by atoms with van der Waals surface area (Å²) in [6, 6.07) is 6.64. The standard InChI is InChI=1S/C24H27N3O7/c25-20-12-16-6-9-18(27(13-28)22(16)23(32)26-20)8-3-14-1-4-15(5-2-14)19(29)11-17(24(33)34)7-10-21(30)31/h1-2,4-5,13,17-18H,3,6-12H2,(H,30,31)(H,33,34)(H2,25,26,32)/t17-,18?/m1/s1. The molecule has 0 bridgehead atoms. The van der Waals surface area contributed by atoms with E-state index < -0.39 is 23.8 Å². The van der Waals surface area contributed by atoms with Gasteiger partial charge >= 0.3 is 11.9 Å². The summed E-state index contributed by atoms with van der Waals surface area (Å²) in [5.74, 6) is -3.93. The number of ketones is 1. The van der Waals surface area contributed by atoms with Gasteiger partial charge in [-0.25, -0.2) is 0 Å². The van der Waals surface area contributed by atoms with Crippen LogP contribution in [0.3, 0.4) is 0 Å². The fraction of sp³-hybridized carbons (Fsp3) is 0.417. The maximum atomic E-state index is 12.5. The van der Waals surface area contributed by atoms with Crippen molar-refractivity contribution in [1.29, 1.82) is 0 Å². The molecule has 180 valence electrons. The van der Waals surface area contributed by atoms with Gasteiger partial charge in [0.2, 0.25) is 6.41 Å². The molecule has 0 aromatic heterocycles. The Morgan fingerprint density at radius 3 is 2.53 bits per heavy atom. The largest absolute Gasteiger partial charge is 0.481 e. The zero-order chi connectivity index (χ0) is 24.8. The molecule has 4 N–H and O–H groups in total. The number of dihydropyridines is 1. The Balaban J connectivity index is 1.59. The van der Waals surface area contributed by atoms with E-state index in [0.717, 1.165) is 11.1 Å². The van der Waals surface area contributed by atoms with E-state index in [1.54, 1.807) is 24.3 Å². The van der Waals surface area contributed by atoms with Gasteiger partial charge in [0.25, 0.3) is 5.91 Å². The van der Waals surface area contributed by atoms with Gasteiger partial charge in [0.05, 0.1) is 5.92 Å². The van der Waals surface area contributed by atoms with Crippen molar-refractivity contribution in [3.8, 4) is 0 Å². The minimum Gasteiger partial charge on any atom is -0.481 e. The zero-order valence-electron chi connectivity index (χ0n) is 18.6. The smallest absolute Gasteiger partial charge is 0.306 e. The monoisotopic (exact) mass is 469 g/mol. The Bertz CT molecular complexity index is 1060. The predicted molar refractivity (Wildman–Crippen MR) is 121 cm³/mol. The maximum absolute atomic E-state index is 12.5. The van der Waals surface area contributed by atoms with Crippen molar-refractivity contribution >= 4 is 35.9 Å². The number of hydrogen-bond acceptors (Lipinski definition) is 6. The number of nitrogens with two attached hydrogens (primary N) is 1. The molecule has 34 heavy (non-hydrogen) atoms. The third-order valence-corrected chi connectivity index (χ3v) is 6.25. The van der Waals surface area contributed by atoms with Crippen LogP contribution in [0.2, 0.25) is 0 Å². The number of hydrogen-bond donors (Lipinski definition) is 3. The van der Waals surface area contributed by atoms with Crippen LogP contribution in [-0.2, 0) is 25.6 Å². The normalized spacial score (nSPS) is 18.7. The van der Waals surface area contributed by atoms with Gasteiger partial charge < -0.3 is 20.8 Å². The van der Waals surface area contributed by atoms with Gasteiger partial charge in [0.1, 0.15) is 11.5 Å². The number of rotatable bonds is 11. The number of carboxylic acids is 2. The van der Waals surface area contributed by atoms with Crippen LogP contribution < -0.4 is 5.73 Å². The number of carboxylic acid groups (broad SMARTS) is 2. The molecule has 10 nitrogen and oxygen atoms in total. The number of aryl methyl sites for hydroxylation is 1. The van der Waals surface area contributed by atoms with E-state index >= 15 is 0 Å². The number of nitrogens with zero attached hydrogens (tertiary/aromatic N) is 2. The van der Waals surface area contributed by atoms with Crippen LogP contribution in [0.5, 0.6) is 0 Å². The molecule has 2 aliphatic heterocycles. The highest BCUT2D eigenvalue weighted by molar-refractivity contribution is 6.07. The number of benzene rings is 1. The average molecular weight is 469 g/mol. The number of Topliss-reactive ketones (excluding diaryl/α,β-unsaturated/α-hetero) is 1. The van der Waals surface area contributed by atoms with Crippen molar-refractivity contribution in [2.45, 2.75) is 57.4 Å². The highest BCUT2D eigenvalue weighted by atomic mass is 16.4. The molecule has 2 atom stereocenters. The first-order valence-electron chi connectivity index (χ1n) is 11.1. The molecule has 3 rings (SSSR count). The molecule has 1 aromatic rings. The molecule has 2 heterocycles. The maximum Gasteiger partial charge on any atom is 0.306 e. The minimum atomic E-state index is -1.19. The van der Waals surface area contributed by atoms with Crippen LogP contribution in [0, 0.1) is 5.92 Å². The number of carbonyl (C=O) groups is 5. The molecule has 0 saturated carbocycles. The summed E-state index contributed by atoms with van der Waals surface area (Å²) in [7, 11) is 0. The molecule has 2 amide bonds. The second-order valence-corrected chi connectivity index (χ2v) is 8.57. The lowest BCUT2D eigenvalue weighted by molar-refractivity contribution is -0.142. The van der Waals surface area contributed by atoms with Gasteiger partial charge in [-0.2, -0.15) is 4.99 Å². The van der Waals surface area contributed by atoms with Crippen LogP contribution in [0.4, 0.5) is 0 Å². The lowest BCUT2D eigenvalue weighted by Crippen LogP contribution is -2.42. The van der Waals surface area contributed by atoms with Crippen molar-refractivity contribution in [1.82, 2.24) is 4.90 Å². The van der Waals surface area contributed by atoms with E-state index in [2.05, 4.69) is 4.99 Å². The Morgan fingerprint density at radius 2 is 1.91 bits per heavy atom. The van der Waals surface area contributed by atoms with Crippen LogP contribution in [0.15, 0.2) is 40.5 Å². The Morgan fingerprint density at radius 1 is 1.21 bits per heavy atom. The van der Waals surface area contributed by atoms with Gasteiger partial charge in [-0.15, -0.1) is 0 Å². The van der Waals surface area contributed by atoms with Crippen LogP contribution >= 0.6 is 0 Å². The lowest BCUT2D eigenvalue weighted by Gasteiger charge is -2.36. The molecule has 0 radical (unpaired) electrons. The highest BCUT2D eigenvalue weighted by Crippen LogP contribution is 2.33. The van der Waals surface area contributed by atoms with Gasteiger partial charge in [-0.1, -0.05) is 24.3 Å². The van der Waals surface area contributed by atoms with Gasteiger partial charge in [-0.3, -0.25) is 24.0 Å². The van der Waals surface area contributed by atoms with Crippen LogP contribution in [0.25, 0.3) is 0 Å². The van der Waals surface area contributed by atoms with Crippen LogP contribution in [-0.4, -0.2) is 57.0 Å². The molecular formula is C24H27N3O7. The number of amides is 2. The first kappa shape index (κ1) is 24.8. The second-order valence-electron chi connectivity index (χ2n) is 8.57. The van der Waals surface area contributed by atoms with Crippen molar-refractivity contribution in [2.24, 2.45) is 16.6 Å². The third-order valence-electron chi connectivity index (χ3n) is 6.25. The quantitative estimate of drug-likeness (QED) is 0.326. The fourth-order valence-corrected chi connectivity index (χ4v) is 4.40. The summed E-state index contributed by atoms with van der Waals surface area (Å²) < 4.78 is 0. The van der Waals surface area contributed by atoms with E-state index in [1.807, 2.05) is 0 Å². The van der Waals surface area contributed by atoms with Gasteiger partial charge in [0.15, 0.2) is 5.78 Å². The first-order valence-corrected chi connectivity index (χ1v) is 11.1. The molecule has 0 spiro atoms. The fourth-order valence-electron chi connectivity index (χ4n) is 4.40. The number of aliphatic carboxylic acids is 2. The topological polar surface area (TPSA) is 167 Å². The summed E-state index contributed by atoms with van der Waals surface area (Å²) in [6.45, 7) is 0. The van der Waals surface area contributed by atoms with Crippen molar-refractivity contribution in [2.75, 3.05) is 0 Å². The van der Waals surface area contributed by atoms with E-state index in [0.29, 0.717) is 49.8 Å². The second kappa shape index (κ2) is 10.9. The minimum absolute atomic E-state index is 0.109. The molecule has 1 aromatic carbocycles. The zero-order valence-corrected chi connectivity index (χ0v) is 18.6. The van der Waals surface area contributed by atoms with Crippen molar-refractivity contribution in [3.05, 3.63) is 46.7 Å².